The van der Waals surface area contributed by atoms with Gasteiger partial charge in [-0.15, -0.1) is 0 Å². The number of halogens is 3. The minimum atomic E-state index is -4.66. The van der Waals surface area contributed by atoms with Gasteiger partial charge in [-0.1, -0.05) is 61.2 Å². The number of carbonyl (C=O) groups is 1. The topological polar surface area (TPSA) is 125 Å². The Morgan fingerprint density at radius 3 is 2.60 bits per heavy atom. The number of morpholine rings is 1. The third-order valence-electron chi connectivity index (χ3n) is 6.67. The van der Waals surface area contributed by atoms with E-state index in [-0.39, 0.29) is 17.3 Å². The summed E-state index contributed by atoms with van der Waals surface area (Å²) in [5.41, 5.74) is 7.65. The molecule has 4 N–H and O–H groups in total. The Kier molecular flexibility index (Phi) is 9.26. The molecule has 0 spiro atoms. The zero-order valence-electron chi connectivity index (χ0n) is 23.1. The van der Waals surface area contributed by atoms with Crippen LogP contribution in [0.1, 0.15) is 25.0 Å². The number of ether oxygens (including phenoxy) is 2. The van der Waals surface area contributed by atoms with Gasteiger partial charge in [0.05, 0.1) is 30.2 Å². The standard InChI is InChI=1S/C30H31F3N6O3/c1-4-21(30(31,32)33)16-24(39-14-15-41-17-18(39)2)19(3)26(34)42-29(35)38-27-28(40)36-23-13-9-8-12-22(23)25(37-27)20-10-6-5-7-11-20/h4-13,16,18,27,34H,1,14-15,17H2,2-3H3,(H2,35,38)(H,36,40)/b21-16+,24-19-,34-26?. The van der Waals surface area contributed by atoms with Crippen molar-refractivity contribution < 1.29 is 27.4 Å². The normalized spacial score (nSPS) is 20.5. The molecule has 2 aliphatic rings. The number of hydrogen-bond acceptors (Lipinski definition) is 7. The maximum absolute atomic E-state index is 13.6. The number of rotatable bonds is 6. The lowest BCUT2D eigenvalue weighted by molar-refractivity contribution is -0.117. The van der Waals surface area contributed by atoms with E-state index < -0.39 is 35.7 Å². The largest absolute Gasteiger partial charge is 0.416 e. The minimum absolute atomic E-state index is 0.0664. The van der Waals surface area contributed by atoms with Crippen LogP contribution in [0.15, 0.2) is 100 Å². The van der Waals surface area contributed by atoms with Gasteiger partial charge in [0.1, 0.15) is 0 Å². The third kappa shape index (κ3) is 6.95. The van der Waals surface area contributed by atoms with E-state index in [1.165, 1.54) is 6.92 Å². The predicted molar refractivity (Wildman–Crippen MR) is 155 cm³/mol. The monoisotopic (exact) mass is 580 g/mol. The van der Waals surface area contributed by atoms with Crippen molar-refractivity contribution in [2.75, 3.05) is 25.1 Å². The maximum atomic E-state index is 13.6. The Bertz CT molecular complexity index is 1480. The number of benzodiazepines with no additional fused rings is 1. The quantitative estimate of drug-likeness (QED) is 0.258. The molecule has 2 unspecified atom stereocenters. The molecule has 2 aliphatic heterocycles. The number of aliphatic imine (C=N–C) groups is 2. The summed E-state index contributed by atoms with van der Waals surface area (Å²) in [7, 11) is 0. The Morgan fingerprint density at radius 2 is 1.93 bits per heavy atom. The predicted octanol–water partition coefficient (Wildman–Crippen LogP) is 4.78. The second kappa shape index (κ2) is 12.9. The molecule has 0 saturated carbocycles. The summed E-state index contributed by atoms with van der Waals surface area (Å²) >= 11 is 0. The van der Waals surface area contributed by atoms with Crippen LogP contribution in [-0.2, 0) is 14.3 Å². The molecule has 4 rings (SSSR count). The lowest BCUT2D eigenvalue weighted by Gasteiger charge is -2.37. The van der Waals surface area contributed by atoms with Gasteiger partial charge in [0.15, 0.2) is 0 Å². The summed E-state index contributed by atoms with van der Waals surface area (Å²) in [6.07, 6.45) is -4.39. The first-order valence-electron chi connectivity index (χ1n) is 13.1. The van der Waals surface area contributed by atoms with Gasteiger partial charge in [-0.05, 0) is 26.0 Å². The van der Waals surface area contributed by atoms with Crippen molar-refractivity contribution in [3.8, 4) is 0 Å². The van der Waals surface area contributed by atoms with Crippen molar-refractivity contribution in [2.24, 2.45) is 15.7 Å². The fourth-order valence-corrected chi connectivity index (χ4v) is 4.50. The summed E-state index contributed by atoms with van der Waals surface area (Å²) in [4.78, 5) is 23.5. The molecule has 2 atom stereocenters. The number of carbonyl (C=O) groups excluding carboxylic acids is 1. The first kappa shape index (κ1) is 30.3. The van der Waals surface area contributed by atoms with Gasteiger partial charge in [-0.2, -0.15) is 18.2 Å². The van der Waals surface area contributed by atoms with Crippen LogP contribution in [0, 0.1) is 5.41 Å². The van der Waals surface area contributed by atoms with E-state index in [1.807, 2.05) is 42.5 Å². The molecule has 9 nitrogen and oxygen atoms in total. The smallest absolute Gasteiger partial charge is 0.407 e. The zero-order valence-corrected chi connectivity index (χ0v) is 23.1. The van der Waals surface area contributed by atoms with Gasteiger partial charge in [-0.25, -0.2) is 4.99 Å². The molecule has 0 bridgehead atoms. The van der Waals surface area contributed by atoms with E-state index in [4.69, 9.17) is 20.6 Å². The van der Waals surface area contributed by atoms with Gasteiger partial charge in [0.2, 0.25) is 12.1 Å². The second-order valence-corrected chi connectivity index (χ2v) is 9.58. The summed E-state index contributed by atoms with van der Waals surface area (Å²) in [5, 5.41) is 11.3. The van der Waals surface area contributed by atoms with E-state index in [9.17, 15) is 18.0 Å². The fraction of sp³-hybridized carbons (Fsp3) is 0.267. The molecule has 1 amide bonds. The van der Waals surface area contributed by atoms with E-state index in [2.05, 4.69) is 21.9 Å². The van der Waals surface area contributed by atoms with Crippen molar-refractivity contribution in [1.29, 1.82) is 5.41 Å². The highest BCUT2D eigenvalue weighted by atomic mass is 19.4. The lowest BCUT2D eigenvalue weighted by Crippen LogP contribution is -2.43. The SMILES string of the molecule is C=C/C(=C\C(=C(/C)C(=N)O/C(N)=N/C1N=C(c2ccccc2)c2ccccc2NC1=O)N1CCOCC1C)C(F)(F)F. The summed E-state index contributed by atoms with van der Waals surface area (Å²) in [6, 6.07) is 15.5. The molecule has 2 aromatic rings. The Hall–Kier alpha value is -4.71. The van der Waals surface area contributed by atoms with E-state index in [0.717, 1.165) is 11.6 Å². The average Bonchev–Trinajstić information content (AvgIpc) is 3.09. The number of nitrogens with one attached hydrogen (secondary N) is 2. The van der Waals surface area contributed by atoms with E-state index in [0.29, 0.717) is 42.8 Å². The maximum Gasteiger partial charge on any atom is 0.416 e. The Labute approximate surface area is 241 Å². The number of anilines is 1. The molecule has 220 valence electrons. The molecule has 12 heteroatoms. The summed E-state index contributed by atoms with van der Waals surface area (Å²) in [5.74, 6) is -1.12. The molecule has 1 fully saturated rings. The van der Waals surface area contributed by atoms with Crippen LogP contribution in [-0.4, -0.2) is 66.6 Å². The molecule has 1 saturated heterocycles. The van der Waals surface area contributed by atoms with Gasteiger partial charge < -0.3 is 25.4 Å². The van der Waals surface area contributed by atoms with E-state index >= 15 is 0 Å². The number of para-hydroxylation sites is 1. The number of alkyl halides is 3. The Morgan fingerprint density at radius 1 is 1.24 bits per heavy atom. The highest BCUT2D eigenvalue weighted by molar-refractivity contribution is 6.19. The highest BCUT2D eigenvalue weighted by Gasteiger charge is 2.33. The van der Waals surface area contributed by atoms with Gasteiger partial charge in [0, 0.05) is 35.0 Å². The van der Waals surface area contributed by atoms with Crippen molar-refractivity contribution in [2.45, 2.75) is 32.2 Å². The van der Waals surface area contributed by atoms with Crippen molar-refractivity contribution in [3.05, 3.63) is 101 Å². The van der Waals surface area contributed by atoms with Crippen LogP contribution in [0.2, 0.25) is 0 Å². The number of benzene rings is 2. The highest BCUT2D eigenvalue weighted by Crippen LogP contribution is 2.30. The Balaban J connectivity index is 1.69. The van der Waals surface area contributed by atoms with Crippen molar-refractivity contribution in [1.82, 2.24) is 4.90 Å². The molecule has 2 heterocycles. The van der Waals surface area contributed by atoms with Gasteiger partial charge in [-0.3, -0.25) is 10.2 Å². The number of hydrogen-bond donors (Lipinski definition) is 3. The lowest BCUT2D eigenvalue weighted by atomic mass is 10.0. The van der Waals surface area contributed by atoms with E-state index in [1.54, 1.807) is 24.0 Å². The number of amides is 1. The first-order valence-corrected chi connectivity index (χ1v) is 13.1. The van der Waals surface area contributed by atoms with Crippen LogP contribution in [0.25, 0.3) is 0 Å². The van der Waals surface area contributed by atoms with Crippen LogP contribution < -0.4 is 11.1 Å². The fourth-order valence-electron chi connectivity index (χ4n) is 4.50. The van der Waals surface area contributed by atoms with Gasteiger partial charge in [0.25, 0.3) is 11.9 Å². The molecular weight excluding hydrogens is 549 g/mol. The molecule has 0 aliphatic carbocycles. The van der Waals surface area contributed by atoms with Crippen LogP contribution in [0.4, 0.5) is 18.9 Å². The van der Waals surface area contributed by atoms with Crippen LogP contribution in [0.3, 0.4) is 0 Å². The number of allylic oxidation sites excluding steroid dienone is 3. The first-order chi connectivity index (χ1) is 20.0. The number of amidine groups is 1. The zero-order chi connectivity index (χ0) is 30.4. The molecule has 2 aromatic carbocycles. The number of fused-ring (bicyclic) bond motifs is 1. The minimum Gasteiger partial charge on any atom is -0.407 e. The molecule has 0 radical (unpaired) electrons. The molecule has 42 heavy (non-hydrogen) atoms. The van der Waals surface area contributed by atoms with Crippen molar-refractivity contribution in [3.63, 3.8) is 0 Å². The second-order valence-electron chi connectivity index (χ2n) is 9.58. The molecular formula is C30H31F3N6O3. The summed E-state index contributed by atoms with van der Waals surface area (Å²) < 4.78 is 51.7. The summed E-state index contributed by atoms with van der Waals surface area (Å²) in [6.45, 7) is 7.42. The average molecular weight is 581 g/mol. The number of nitrogens with two attached hydrogens (primary N) is 1. The third-order valence-corrected chi connectivity index (χ3v) is 6.67. The number of nitrogens with zero attached hydrogens (tertiary/aromatic N) is 3. The van der Waals surface area contributed by atoms with Crippen LogP contribution >= 0.6 is 0 Å². The molecule has 0 aromatic heterocycles. The van der Waals surface area contributed by atoms with Crippen molar-refractivity contribution >= 4 is 29.2 Å². The van der Waals surface area contributed by atoms with Gasteiger partial charge >= 0.3 is 6.18 Å². The van der Waals surface area contributed by atoms with Crippen LogP contribution in [0.5, 0.6) is 0 Å².